The molecule has 0 bridgehead atoms. The van der Waals surface area contributed by atoms with Crippen molar-refractivity contribution in [2.75, 3.05) is 0 Å². The number of hydrogen-bond acceptors (Lipinski definition) is 6. The first-order valence-corrected chi connectivity index (χ1v) is 7.37. The van der Waals surface area contributed by atoms with E-state index in [1.54, 1.807) is 37.2 Å². The largest absolute Gasteiger partial charge is 0.265 e. The van der Waals surface area contributed by atoms with Gasteiger partial charge in [-0.1, -0.05) is 0 Å². The molecule has 0 saturated carbocycles. The van der Waals surface area contributed by atoms with Crippen LogP contribution < -0.4 is 0 Å². The predicted octanol–water partition coefficient (Wildman–Crippen LogP) is 3.06. The van der Waals surface area contributed by atoms with Gasteiger partial charge in [-0.25, -0.2) is 15.0 Å². The summed E-state index contributed by atoms with van der Waals surface area (Å²) in [5, 5.41) is 0. The maximum absolute atomic E-state index is 4.61. The Morgan fingerprint density at radius 1 is 0.375 bits per heavy atom. The Hall–Kier alpha value is -3.54. The molecule has 0 N–H and O–H groups in total. The van der Waals surface area contributed by atoms with E-state index in [0.717, 1.165) is 16.7 Å². The lowest BCUT2D eigenvalue weighted by atomic mass is 10.3. The quantitative estimate of drug-likeness (QED) is 0.578. The van der Waals surface area contributed by atoms with Crippen LogP contribution in [0.1, 0.15) is 0 Å². The molecule has 0 aliphatic heterocycles. The van der Waals surface area contributed by atoms with Crippen molar-refractivity contribution in [2.45, 2.75) is 0 Å². The van der Waals surface area contributed by atoms with Crippen LogP contribution in [0.2, 0.25) is 0 Å². The van der Waals surface area contributed by atoms with E-state index in [4.69, 9.17) is 0 Å². The summed E-state index contributed by atoms with van der Waals surface area (Å²) in [6.45, 7) is 0. The molecule has 4 heterocycles. The molecule has 4 aromatic rings. The number of aromatic nitrogens is 6. The molecule has 0 fully saturated rings. The van der Waals surface area contributed by atoms with Crippen LogP contribution >= 0.6 is 0 Å². The van der Waals surface area contributed by atoms with E-state index >= 15 is 0 Å². The average Bonchev–Trinajstić information content (AvgIpc) is 2.70. The van der Waals surface area contributed by atoms with Gasteiger partial charge in [0.25, 0.3) is 0 Å². The topological polar surface area (TPSA) is 77.3 Å². The van der Waals surface area contributed by atoms with Crippen LogP contribution in [0.15, 0.2) is 73.6 Å². The minimum Gasteiger partial charge on any atom is -0.265 e. The van der Waals surface area contributed by atoms with Gasteiger partial charge in [0.2, 0.25) is 0 Å². The summed E-state index contributed by atoms with van der Waals surface area (Å²) >= 11 is 0. The number of pyridine rings is 3. The van der Waals surface area contributed by atoms with E-state index < -0.39 is 0 Å². The molecule has 4 aromatic heterocycles. The van der Waals surface area contributed by atoms with E-state index in [1.807, 2.05) is 36.4 Å². The maximum atomic E-state index is 4.61. The first kappa shape index (κ1) is 14.1. The highest BCUT2D eigenvalue weighted by atomic mass is 15.3. The molecule has 6 heteroatoms. The Morgan fingerprint density at radius 3 is 0.875 bits per heavy atom. The Morgan fingerprint density at radius 2 is 0.625 bits per heavy atom. The van der Waals surface area contributed by atoms with Crippen LogP contribution in [-0.2, 0) is 0 Å². The molecule has 0 amide bonds. The third kappa shape index (κ3) is 2.85. The van der Waals surface area contributed by atoms with Gasteiger partial charge in [-0.05, 0) is 36.4 Å². The minimum absolute atomic E-state index is 0.603. The van der Waals surface area contributed by atoms with Crippen molar-refractivity contribution in [1.82, 2.24) is 29.9 Å². The molecule has 0 radical (unpaired) electrons. The van der Waals surface area contributed by atoms with Crippen molar-refractivity contribution in [3.8, 4) is 34.2 Å². The molecule has 24 heavy (non-hydrogen) atoms. The monoisotopic (exact) mass is 315 g/mol. The number of nitrogens with zero attached hydrogens (tertiary/aromatic N) is 6. The van der Waals surface area contributed by atoms with Crippen molar-refractivity contribution in [2.24, 2.45) is 0 Å². The molecule has 0 atom stereocenters. The van der Waals surface area contributed by atoms with Gasteiger partial charge < -0.3 is 0 Å². The van der Waals surface area contributed by atoms with E-state index in [1.165, 1.54) is 0 Å². The van der Waals surface area contributed by atoms with Gasteiger partial charge in [-0.15, -0.1) is 0 Å². The van der Waals surface area contributed by atoms with Crippen LogP contribution in [0.25, 0.3) is 34.2 Å². The smallest absolute Gasteiger partial charge is 0.164 e. The summed E-state index contributed by atoms with van der Waals surface area (Å²) in [5.41, 5.74) is 2.66. The fourth-order valence-electron chi connectivity index (χ4n) is 2.27. The van der Waals surface area contributed by atoms with Crippen molar-refractivity contribution in [1.29, 1.82) is 0 Å². The molecule has 6 nitrogen and oxygen atoms in total. The summed E-state index contributed by atoms with van der Waals surface area (Å²) in [6, 6.07) is 11.3. The standard InChI is InChI=1S/C18H12N6/c1-7-19-8-2-13(1)16-22-17(14-3-9-20-10-4-14)24-18(23-16)15-5-11-21-12-6-15/h1-12H/i16+1,17+1,18+1. The predicted molar refractivity (Wildman–Crippen MR) is 89.5 cm³/mol. The molecule has 0 aliphatic carbocycles. The molecule has 0 aromatic carbocycles. The van der Waals surface area contributed by atoms with Crippen LogP contribution in [0.3, 0.4) is 0 Å². The second-order valence-corrected chi connectivity index (χ2v) is 5.01. The fourth-order valence-corrected chi connectivity index (χ4v) is 2.27. The molecule has 0 aliphatic rings. The summed E-state index contributed by atoms with van der Waals surface area (Å²) in [6.07, 6.45) is 10.3. The van der Waals surface area contributed by atoms with E-state index in [2.05, 4.69) is 29.9 Å². The lowest BCUT2D eigenvalue weighted by Crippen LogP contribution is -2.00. The number of hydrogen-bond donors (Lipinski definition) is 0. The molecule has 0 unspecified atom stereocenters. The summed E-state index contributed by atoms with van der Waals surface area (Å²) < 4.78 is 0. The SMILES string of the molecule is c1cc(-[13c]2n[13c](-c3ccncc3)n[13c](-c3ccncc3)n2)ccn1. The fraction of sp³-hybridized carbons (Fsp3) is 0. The van der Waals surface area contributed by atoms with Gasteiger partial charge in [0.15, 0.2) is 17.5 Å². The Balaban J connectivity index is 1.92. The Labute approximate surface area is 138 Å². The summed E-state index contributed by atoms with van der Waals surface area (Å²) in [7, 11) is 0. The van der Waals surface area contributed by atoms with Gasteiger partial charge in [-0.3, -0.25) is 15.0 Å². The van der Waals surface area contributed by atoms with E-state index in [-0.39, 0.29) is 0 Å². The van der Waals surface area contributed by atoms with Crippen LogP contribution in [0.5, 0.6) is 0 Å². The minimum atomic E-state index is 0.603. The zero-order chi connectivity index (χ0) is 16.2. The average molecular weight is 315 g/mol. The second-order valence-electron chi connectivity index (χ2n) is 5.01. The molecular weight excluding hydrogens is 303 g/mol. The Bertz CT molecular complexity index is 803. The Kier molecular flexibility index (Phi) is 3.69. The third-order valence-electron chi connectivity index (χ3n) is 3.45. The molecular formula is C18H12N6. The van der Waals surface area contributed by atoms with Gasteiger partial charge in [0.05, 0.1) is 0 Å². The van der Waals surface area contributed by atoms with Crippen LogP contribution in [0.4, 0.5) is 0 Å². The molecule has 4 rings (SSSR count). The van der Waals surface area contributed by atoms with E-state index in [9.17, 15) is 0 Å². The van der Waals surface area contributed by atoms with Crippen molar-refractivity contribution < 1.29 is 0 Å². The van der Waals surface area contributed by atoms with Crippen LogP contribution in [-0.4, -0.2) is 29.9 Å². The third-order valence-corrected chi connectivity index (χ3v) is 3.45. The molecule has 114 valence electrons. The maximum Gasteiger partial charge on any atom is 0.164 e. The van der Waals surface area contributed by atoms with Gasteiger partial charge in [0, 0.05) is 53.9 Å². The lowest BCUT2D eigenvalue weighted by Gasteiger charge is -2.07. The van der Waals surface area contributed by atoms with Crippen LogP contribution in [0, 0.1) is 0 Å². The highest BCUT2D eigenvalue weighted by Gasteiger charge is 2.11. The highest BCUT2D eigenvalue weighted by molar-refractivity contribution is 5.65. The van der Waals surface area contributed by atoms with Crippen molar-refractivity contribution in [3.05, 3.63) is 73.6 Å². The van der Waals surface area contributed by atoms with Crippen molar-refractivity contribution in [3.63, 3.8) is 0 Å². The molecule has 0 saturated heterocycles. The first-order valence-electron chi connectivity index (χ1n) is 7.37. The summed E-state index contributed by atoms with van der Waals surface area (Å²) in [5.74, 6) is 1.81. The zero-order valence-electron chi connectivity index (χ0n) is 12.6. The van der Waals surface area contributed by atoms with Crippen molar-refractivity contribution >= 4 is 0 Å². The summed E-state index contributed by atoms with van der Waals surface area (Å²) in [4.78, 5) is 26.0. The second kappa shape index (κ2) is 6.29. The van der Waals surface area contributed by atoms with Gasteiger partial charge >= 0.3 is 0 Å². The first-order chi connectivity index (χ1) is 11.9. The normalized spacial score (nSPS) is 10.5. The number of rotatable bonds is 3. The zero-order valence-corrected chi connectivity index (χ0v) is 12.6. The lowest BCUT2D eigenvalue weighted by molar-refractivity contribution is 1.07. The van der Waals surface area contributed by atoms with Gasteiger partial charge in [-0.2, -0.15) is 0 Å². The van der Waals surface area contributed by atoms with Gasteiger partial charge in [0.1, 0.15) is 0 Å². The molecule has 0 spiro atoms. The van der Waals surface area contributed by atoms with E-state index in [0.29, 0.717) is 17.5 Å². The highest BCUT2D eigenvalue weighted by Crippen LogP contribution is 2.23.